The molecule has 0 aliphatic heterocycles. The fourth-order valence-corrected chi connectivity index (χ4v) is 1.23. The molecule has 0 radical (unpaired) electrons. The zero-order valence-electron chi connectivity index (χ0n) is 9.23. The van der Waals surface area contributed by atoms with Gasteiger partial charge in [-0.2, -0.15) is 5.10 Å². The lowest BCUT2D eigenvalue weighted by molar-refractivity contribution is 0.941. The molecule has 0 amide bonds. The molecule has 1 rings (SSSR count). The summed E-state index contributed by atoms with van der Waals surface area (Å²) in [6, 6.07) is 8.01. The Morgan fingerprint density at radius 2 is 2.25 bits per heavy atom. The minimum atomic E-state index is 0.490. The zero-order chi connectivity index (χ0) is 11.8. The molecule has 0 fully saturated rings. The van der Waals surface area contributed by atoms with Gasteiger partial charge in [0.05, 0.1) is 6.21 Å². The number of nitrogens with zero attached hydrogens (tertiary/aromatic N) is 1. The van der Waals surface area contributed by atoms with Crippen LogP contribution in [0.3, 0.4) is 0 Å². The summed E-state index contributed by atoms with van der Waals surface area (Å²) in [6.07, 6.45) is 3.48. The van der Waals surface area contributed by atoms with Crippen molar-refractivity contribution < 1.29 is 0 Å². The number of hydrazone groups is 1. The quantitative estimate of drug-likeness (QED) is 0.361. The van der Waals surface area contributed by atoms with Crippen molar-refractivity contribution >= 4 is 23.5 Å². The Bertz CT molecular complexity index is 399. The van der Waals surface area contributed by atoms with Crippen LogP contribution in [0, 0.1) is 6.92 Å². The van der Waals surface area contributed by atoms with E-state index in [-0.39, 0.29) is 0 Å². The van der Waals surface area contributed by atoms with E-state index in [1.807, 2.05) is 31.2 Å². The Hall–Kier alpha value is -1.68. The van der Waals surface area contributed by atoms with Gasteiger partial charge in [0.25, 0.3) is 0 Å². The molecular formula is C12H15N3S. The van der Waals surface area contributed by atoms with Gasteiger partial charge in [-0.05, 0) is 30.3 Å². The first-order chi connectivity index (χ1) is 7.74. The number of hydrogen-bond donors (Lipinski definition) is 2. The highest BCUT2D eigenvalue weighted by atomic mass is 32.1. The molecule has 0 heterocycles. The van der Waals surface area contributed by atoms with Gasteiger partial charge in [-0.1, -0.05) is 30.3 Å². The molecular weight excluding hydrogens is 218 g/mol. The third-order valence-electron chi connectivity index (χ3n) is 1.97. The maximum Gasteiger partial charge on any atom is 0.187 e. The van der Waals surface area contributed by atoms with Crippen molar-refractivity contribution in [3.63, 3.8) is 0 Å². The maximum atomic E-state index is 4.98. The van der Waals surface area contributed by atoms with E-state index in [1.54, 1.807) is 12.3 Å². The van der Waals surface area contributed by atoms with E-state index in [9.17, 15) is 0 Å². The summed E-state index contributed by atoms with van der Waals surface area (Å²) in [4.78, 5) is 0. The Morgan fingerprint density at radius 3 is 2.94 bits per heavy atom. The molecule has 3 nitrogen and oxygen atoms in total. The molecule has 2 N–H and O–H groups in total. The van der Waals surface area contributed by atoms with Gasteiger partial charge < -0.3 is 5.32 Å². The summed E-state index contributed by atoms with van der Waals surface area (Å²) in [7, 11) is 0. The average Bonchev–Trinajstić information content (AvgIpc) is 2.29. The van der Waals surface area contributed by atoms with Gasteiger partial charge >= 0.3 is 0 Å². The molecule has 0 unspecified atom stereocenters. The first-order valence-electron chi connectivity index (χ1n) is 4.97. The van der Waals surface area contributed by atoms with Gasteiger partial charge in [-0.25, -0.2) is 0 Å². The van der Waals surface area contributed by atoms with E-state index >= 15 is 0 Å². The number of aryl methyl sites for hydroxylation is 1. The van der Waals surface area contributed by atoms with Gasteiger partial charge in [-0.15, -0.1) is 6.58 Å². The highest BCUT2D eigenvalue weighted by Gasteiger charge is 1.92. The number of benzene rings is 1. The molecule has 0 saturated heterocycles. The summed E-state index contributed by atoms with van der Waals surface area (Å²) < 4.78 is 0. The van der Waals surface area contributed by atoms with Crippen molar-refractivity contribution in [3.8, 4) is 0 Å². The normalized spacial score (nSPS) is 10.1. The molecule has 16 heavy (non-hydrogen) atoms. The topological polar surface area (TPSA) is 36.4 Å². The lowest BCUT2D eigenvalue weighted by Crippen LogP contribution is -2.31. The van der Waals surface area contributed by atoms with Gasteiger partial charge in [0.15, 0.2) is 5.11 Å². The number of thiocarbonyl (C=S) groups is 1. The largest absolute Gasteiger partial charge is 0.358 e. The van der Waals surface area contributed by atoms with Crippen molar-refractivity contribution in [2.24, 2.45) is 5.10 Å². The van der Waals surface area contributed by atoms with Crippen molar-refractivity contribution in [3.05, 3.63) is 48.0 Å². The molecule has 0 aliphatic carbocycles. The minimum Gasteiger partial charge on any atom is -0.358 e. The summed E-state index contributed by atoms with van der Waals surface area (Å²) in [5.41, 5.74) is 4.98. The van der Waals surface area contributed by atoms with Crippen LogP contribution in [-0.2, 0) is 0 Å². The first kappa shape index (κ1) is 12.4. The highest BCUT2D eigenvalue weighted by Crippen LogP contribution is 2.02. The van der Waals surface area contributed by atoms with Gasteiger partial charge in [0.1, 0.15) is 0 Å². The van der Waals surface area contributed by atoms with Gasteiger partial charge in [0, 0.05) is 6.54 Å². The fraction of sp³-hybridized carbons (Fsp3) is 0.167. The van der Waals surface area contributed by atoms with E-state index in [2.05, 4.69) is 22.4 Å². The average molecular weight is 233 g/mol. The van der Waals surface area contributed by atoms with Crippen LogP contribution in [-0.4, -0.2) is 17.9 Å². The number of rotatable bonds is 4. The Kier molecular flexibility index (Phi) is 5.22. The monoisotopic (exact) mass is 233 g/mol. The predicted molar refractivity (Wildman–Crippen MR) is 72.7 cm³/mol. The van der Waals surface area contributed by atoms with Crippen LogP contribution in [0.15, 0.2) is 42.0 Å². The van der Waals surface area contributed by atoms with E-state index in [4.69, 9.17) is 12.2 Å². The molecule has 0 spiro atoms. The molecule has 1 aromatic carbocycles. The molecule has 0 atom stereocenters. The maximum absolute atomic E-state index is 4.98. The Morgan fingerprint density at radius 1 is 1.50 bits per heavy atom. The second-order valence-corrected chi connectivity index (χ2v) is 3.63. The summed E-state index contributed by atoms with van der Waals surface area (Å²) in [5.74, 6) is 0. The number of hydrogen-bond acceptors (Lipinski definition) is 2. The summed E-state index contributed by atoms with van der Waals surface area (Å²) in [6.45, 7) is 6.25. The van der Waals surface area contributed by atoms with Crippen LogP contribution in [0.1, 0.15) is 11.1 Å². The Balaban J connectivity index is 2.46. The van der Waals surface area contributed by atoms with Crippen LogP contribution < -0.4 is 10.7 Å². The van der Waals surface area contributed by atoms with Crippen LogP contribution in [0.4, 0.5) is 0 Å². The summed E-state index contributed by atoms with van der Waals surface area (Å²) in [5, 5.41) is 7.45. The van der Waals surface area contributed by atoms with E-state index in [0.29, 0.717) is 11.7 Å². The van der Waals surface area contributed by atoms with Gasteiger partial charge in [0.2, 0.25) is 0 Å². The first-order valence-corrected chi connectivity index (χ1v) is 5.38. The van der Waals surface area contributed by atoms with Crippen molar-refractivity contribution in [2.75, 3.05) is 6.54 Å². The molecule has 0 aromatic heterocycles. The van der Waals surface area contributed by atoms with Crippen molar-refractivity contribution in [1.29, 1.82) is 0 Å². The second kappa shape index (κ2) is 6.74. The van der Waals surface area contributed by atoms with E-state index < -0.39 is 0 Å². The van der Waals surface area contributed by atoms with Crippen molar-refractivity contribution in [2.45, 2.75) is 6.92 Å². The molecule has 0 aliphatic rings. The highest BCUT2D eigenvalue weighted by molar-refractivity contribution is 7.80. The fourth-order valence-electron chi connectivity index (χ4n) is 1.10. The van der Waals surface area contributed by atoms with Gasteiger partial charge in [-0.3, -0.25) is 5.43 Å². The molecule has 1 aromatic rings. The molecule has 0 saturated carbocycles. The molecule has 0 bridgehead atoms. The standard InChI is InChI=1S/C12H15N3S/c1-3-8-13-12(16)15-14-9-11-7-5-4-6-10(11)2/h3-7,9H,1,8H2,2H3,(H2,13,15,16). The smallest absolute Gasteiger partial charge is 0.187 e. The second-order valence-electron chi connectivity index (χ2n) is 3.23. The van der Waals surface area contributed by atoms with Crippen LogP contribution >= 0.6 is 12.2 Å². The van der Waals surface area contributed by atoms with Crippen LogP contribution in [0.2, 0.25) is 0 Å². The van der Waals surface area contributed by atoms with Crippen molar-refractivity contribution in [1.82, 2.24) is 10.7 Å². The summed E-state index contributed by atoms with van der Waals surface area (Å²) >= 11 is 4.98. The lowest BCUT2D eigenvalue weighted by Gasteiger charge is -2.03. The van der Waals surface area contributed by atoms with Crippen LogP contribution in [0.5, 0.6) is 0 Å². The van der Waals surface area contributed by atoms with E-state index in [1.165, 1.54) is 5.56 Å². The zero-order valence-corrected chi connectivity index (χ0v) is 10.1. The SMILES string of the molecule is C=CCNC(=S)NN=Cc1ccccc1C. The number of nitrogens with one attached hydrogen (secondary N) is 2. The third kappa shape index (κ3) is 4.23. The lowest BCUT2D eigenvalue weighted by atomic mass is 10.1. The molecule has 4 heteroatoms. The third-order valence-corrected chi connectivity index (χ3v) is 2.20. The van der Waals surface area contributed by atoms with E-state index in [0.717, 1.165) is 5.56 Å². The molecule has 84 valence electrons. The Labute approximate surface area is 101 Å². The minimum absolute atomic E-state index is 0.490. The predicted octanol–water partition coefficient (Wildman–Crippen LogP) is 1.98. The van der Waals surface area contributed by atoms with Crippen LogP contribution in [0.25, 0.3) is 0 Å².